The Bertz CT molecular complexity index is 565. The van der Waals surface area contributed by atoms with Crippen molar-refractivity contribution in [2.24, 2.45) is 0 Å². The number of halogens is 1. The summed E-state index contributed by atoms with van der Waals surface area (Å²) >= 11 is 6.24. The molecule has 7 heteroatoms. The fourth-order valence-electron chi connectivity index (χ4n) is 2.88. The molecule has 2 rings (SSSR count). The van der Waals surface area contributed by atoms with Crippen molar-refractivity contribution in [2.75, 3.05) is 26.2 Å². The van der Waals surface area contributed by atoms with Crippen molar-refractivity contribution in [1.29, 1.82) is 0 Å². The Hall–Kier alpha value is -1.79. The zero-order valence-corrected chi connectivity index (χ0v) is 16.2. The maximum atomic E-state index is 9.10. The van der Waals surface area contributed by atoms with Gasteiger partial charge in [0.25, 0.3) is 0 Å². The first-order valence-corrected chi connectivity index (χ1v) is 9.27. The number of carboxylic acids is 2. The molecular weight excluding hydrogens is 358 g/mol. The third-order valence-corrected chi connectivity index (χ3v) is 4.40. The number of aliphatic carboxylic acids is 2. The number of unbranched alkanes of at least 4 members (excludes halogenated alkanes) is 1. The van der Waals surface area contributed by atoms with Crippen LogP contribution in [0.4, 0.5) is 0 Å². The quantitative estimate of drug-likeness (QED) is 0.572. The Morgan fingerprint density at radius 2 is 1.69 bits per heavy atom. The zero-order valence-electron chi connectivity index (χ0n) is 15.5. The molecule has 0 atom stereocenters. The van der Waals surface area contributed by atoms with Crippen LogP contribution in [0.1, 0.15) is 43.2 Å². The lowest BCUT2D eigenvalue weighted by atomic mass is 10.1. The number of ether oxygens (including phenoxy) is 1. The Kier molecular flexibility index (Phi) is 10.1. The number of nitrogens with zero attached hydrogens (tertiary/aromatic N) is 1. The highest BCUT2D eigenvalue weighted by Crippen LogP contribution is 2.29. The number of likely N-dealkylation sites (tertiary alicyclic amines) is 1. The Morgan fingerprint density at radius 3 is 2.23 bits per heavy atom. The molecule has 0 bridgehead atoms. The minimum atomic E-state index is -1.82. The monoisotopic (exact) mass is 385 g/mol. The van der Waals surface area contributed by atoms with E-state index in [9.17, 15) is 0 Å². The molecule has 1 fully saturated rings. The molecule has 0 radical (unpaired) electrons. The van der Waals surface area contributed by atoms with Crippen LogP contribution >= 0.6 is 11.6 Å². The topological polar surface area (TPSA) is 87.1 Å². The number of carboxylic acid groups (broad SMARTS) is 2. The summed E-state index contributed by atoms with van der Waals surface area (Å²) in [7, 11) is 0. The number of carbonyl (C=O) groups is 2. The molecule has 26 heavy (non-hydrogen) atoms. The highest BCUT2D eigenvalue weighted by atomic mass is 35.5. The minimum absolute atomic E-state index is 0.735. The summed E-state index contributed by atoms with van der Waals surface area (Å²) in [5.41, 5.74) is 2.32. The fourth-order valence-corrected chi connectivity index (χ4v) is 3.26. The van der Waals surface area contributed by atoms with Gasteiger partial charge in [-0.05, 0) is 76.4 Å². The first-order chi connectivity index (χ1) is 12.3. The SMILES string of the molecule is Cc1cc(C)c(OCCCCN2CCCCC2)c(Cl)c1.O=C(O)C(=O)O. The van der Waals surface area contributed by atoms with Crippen molar-refractivity contribution in [2.45, 2.75) is 46.0 Å². The summed E-state index contributed by atoms with van der Waals surface area (Å²) in [6, 6.07) is 4.09. The van der Waals surface area contributed by atoms with Gasteiger partial charge in [0.1, 0.15) is 5.75 Å². The van der Waals surface area contributed by atoms with Gasteiger partial charge >= 0.3 is 11.9 Å². The van der Waals surface area contributed by atoms with Crippen LogP contribution in [0.5, 0.6) is 5.75 Å². The Balaban J connectivity index is 0.000000487. The maximum Gasteiger partial charge on any atom is 0.414 e. The first kappa shape index (κ1) is 22.3. The number of rotatable bonds is 6. The second-order valence-electron chi connectivity index (χ2n) is 6.46. The van der Waals surface area contributed by atoms with E-state index >= 15 is 0 Å². The van der Waals surface area contributed by atoms with Gasteiger partial charge in [-0.25, -0.2) is 9.59 Å². The van der Waals surface area contributed by atoms with E-state index in [1.165, 1.54) is 50.9 Å². The normalized spacial score (nSPS) is 14.3. The number of hydrogen-bond donors (Lipinski definition) is 2. The molecule has 0 amide bonds. The van der Waals surface area contributed by atoms with Crippen LogP contribution in [0.15, 0.2) is 12.1 Å². The number of piperidine rings is 1. The lowest BCUT2D eigenvalue weighted by Gasteiger charge is -2.26. The number of aryl methyl sites for hydroxylation is 2. The van der Waals surface area contributed by atoms with Gasteiger partial charge in [0.05, 0.1) is 11.6 Å². The summed E-state index contributed by atoms with van der Waals surface area (Å²) in [6.45, 7) is 8.65. The summed E-state index contributed by atoms with van der Waals surface area (Å²) in [6.07, 6.45) is 6.46. The molecule has 2 N–H and O–H groups in total. The molecule has 1 aliphatic rings. The van der Waals surface area contributed by atoms with E-state index in [4.69, 9.17) is 36.1 Å². The van der Waals surface area contributed by atoms with Crippen molar-refractivity contribution in [3.05, 3.63) is 28.3 Å². The molecule has 0 spiro atoms. The van der Waals surface area contributed by atoms with Gasteiger partial charge in [-0.15, -0.1) is 0 Å². The molecule has 0 aliphatic carbocycles. The molecule has 6 nitrogen and oxygen atoms in total. The highest BCUT2D eigenvalue weighted by molar-refractivity contribution is 6.32. The second-order valence-corrected chi connectivity index (χ2v) is 6.87. The van der Waals surface area contributed by atoms with E-state index < -0.39 is 11.9 Å². The van der Waals surface area contributed by atoms with Crippen LogP contribution in [0.3, 0.4) is 0 Å². The molecule has 1 aliphatic heterocycles. The summed E-state index contributed by atoms with van der Waals surface area (Å²) in [4.78, 5) is 20.8. The fraction of sp³-hybridized carbons (Fsp3) is 0.579. The van der Waals surface area contributed by atoms with E-state index in [1.54, 1.807) is 0 Å². The average molecular weight is 386 g/mol. The summed E-state index contributed by atoms with van der Waals surface area (Å²) in [5, 5.41) is 15.5. The third-order valence-electron chi connectivity index (χ3n) is 4.12. The van der Waals surface area contributed by atoms with E-state index in [-0.39, 0.29) is 0 Å². The van der Waals surface area contributed by atoms with Gasteiger partial charge in [-0.2, -0.15) is 0 Å². The van der Waals surface area contributed by atoms with Gasteiger partial charge in [0, 0.05) is 0 Å². The lowest BCUT2D eigenvalue weighted by molar-refractivity contribution is -0.159. The minimum Gasteiger partial charge on any atom is -0.492 e. The van der Waals surface area contributed by atoms with Gasteiger partial charge in [-0.3, -0.25) is 0 Å². The number of benzene rings is 1. The molecule has 0 aromatic heterocycles. The van der Waals surface area contributed by atoms with E-state index in [2.05, 4.69) is 24.8 Å². The zero-order chi connectivity index (χ0) is 19.5. The predicted octanol–water partition coefficient (Wildman–Crippen LogP) is 3.76. The predicted molar refractivity (Wildman–Crippen MR) is 101 cm³/mol. The summed E-state index contributed by atoms with van der Waals surface area (Å²) in [5.74, 6) is -2.79. The number of hydrogen-bond acceptors (Lipinski definition) is 4. The molecule has 1 aromatic rings. The van der Waals surface area contributed by atoms with Crippen molar-refractivity contribution in [1.82, 2.24) is 4.90 Å². The molecule has 0 saturated carbocycles. The molecule has 0 unspecified atom stereocenters. The van der Waals surface area contributed by atoms with E-state index in [0.29, 0.717) is 0 Å². The molecule has 1 saturated heterocycles. The van der Waals surface area contributed by atoms with Crippen molar-refractivity contribution in [3.63, 3.8) is 0 Å². The highest BCUT2D eigenvalue weighted by Gasteiger charge is 2.10. The van der Waals surface area contributed by atoms with E-state index in [1.807, 2.05) is 6.07 Å². The van der Waals surface area contributed by atoms with Crippen molar-refractivity contribution >= 4 is 23.5 Å². The van der Waals surface area contributed by atoms with Gasteiger partial charge in [0.15, 0.2) is 0 Å². The smallest absolute Gasteiger partial charge is 0.414 e. The molecule has 1 heterocycles. The second kappa shape index (κ2) is 11.8. The molecule has 146 valence electrons. The van der Waals surface area contributed by atoms with Crippen molar-refractivity contribution < 1.29 is 24.5 Å². The van der Waals surface area contributed by atoms with Crippen molar-refractivity contribution in [3.8, 4) is 5.75 Å². The van der Waals surface area contributed by atoms with Crippen LogP contribution in [-0.2, 0) is 9.59 Å². The van der Waals surface area contributed by atoms with Gasteiger partial charge in [-0.1, -0.05) is 24.1 Å². The standard InChI is InChI=1S/C17H26ClNO.C2H2O4/c1-14-12-15(2)17(16(18)13-14)20-11-7-6-10-19-8-4-3-5-9-19;3-1(4)2(5)6/h12-13H,3-11H2,1-2H3;(H,3,4)(H,5,6). The van der Waals surface area contributed by atoms with Crippen LogP contribution in [-0.4, -0.2) is 53.3 Å². The van der Waals surface area contributed by atoms with Crippen LogP contribution in [0.2, 0.25) is 5.02 Å². The van der Waals surface area contributed by atoms with Crippen LogP contribution in [0.25, 0.3) is 0 Å². The maximum absolute atomic E-state index is 9.10. The van der Waals surface area contributed by atoms with Crippen LogP contribution in [0, 0.1) is 13.8 Å². The Morgan fingerprint density at radius 1 is 1.08 bits per heavy atom. The first-order valence-electron chi connectivity index (χ1n) is 8.89. The largest absolute Gasteiger partial charge is 0.492 e. The van der Waals surface area contributed by atoms with Gasteiger partial charge in [0.2, 0.25) is 0 Å². The third kappa shape index (κ3) is 8.54. The lowest BCUT2D eigenvalue weighted by Crippen LogP contribution is -2.30. The van der Waals surface area contributed by atoms with Crippen LogP contribution < -0.4 is 4.74 Å². The van der Waals surface area contributed by atoms with Gasteiger partial charge < -0.3 is 19.8 Å². The molecular formula is C19H28ClNO5. The average Bonchev–Trinajstić information content (AvgIpc) is 2.58. The van der Waals surface area contributed by atoms with E-state index in [0.717, 1.165) is 29.4 Å². The Labute approximate surface area is 159 Å². The molecule has 1 aromatic carbocycles. The summed E-state index contributed by atoms with van der Waals surface area (Å²) < 4.78 is 5.86.